The average Bonchev–Trinajstić information content (AvgIpc) is 3.45. The summed E-state index contributed by atoms with van der Waals surface area (Å²) >= 11 is 13.4. The summed E-state index contributed by atoms with van der Waals surface area (Å²) in [6, 6.07) is 15.0. The van der Waals surface area contributed by atoms with Crippen LogP contribution in [0.1, 0.15) is 31.5 Å². The predicted molar refractivity (Wildman–Crippen MR) is 114 cm³/mol. The van der Waals surface area contributed by atoms with Crippen LogP contribution in [0.3, 0.4) is 0 Å². The number of aromatic nitrogens is 3. The number of anilines is 1. The predicted octanol–water partition coefficient (Wildman–Crippen LogP) is 5.57. The van der Waals surface area contributed by atoms with Crippen LogP contribution in [-0.2, 0) is 4.79 Å². The van der Waals surface area contributed by atoms with Crippen molar-refractivity contribution in [2.75, 3.05) is 5.32 Å². The summed E-state index contributed by atoms with van der Waals surface area (Å²) in [5, 5.41) is 12.9. The standard InChI is InChI=1S/C20H18Cl2N4OS/c1-12(19(27)23-17-10-9-14(21)11-16(17)22)28-20-25-24-18(13-7-8-13)26(20)15-5-3-2-4-6-15/h2-6,9-13H,7-8H2,1H3,(H,23,27). The van der Waals surface area contributed by atoms with E-state index >= 15 is 0 Å². The molecule has 4 rings (SSSR count). The quantitative estimate of drug-likeness (QED) is 0.517. The van der Waals surface area contributed by atoms with Gasteiger partial charge in [0.15, 0.2) is 5.16 Å². The Kier molecular flexibility index (Phi) is 5.62. The Hall–Kier alpha value is -2.02. The van der Waals surface area contributed by atoms with E-state index in [1.165, 1.54) is 11.8 Å². The molecule has 0 bridgehead atoms. The molecule has 0 saturated heterocycles. The first-order valence-electron chi connectivity index (χ1n) is 8.96. The van der Waals surface area contributed by atoms with E-state index in [1.807, 2.05) is 37.3 Å². The first-order valence-corrected chi connectivity index (χ1v) is 10.6. The van der Waals surface area contributed by atoms with Crippen LogP contribution in [0.25, 0.3) is 5.69 Å². The zero-order valence-electron chi connectivity index (χ0n) is 15.1. The third-order valence-corrected chi connectivity index (χ3v) is 6.05. The molecule has 1 amide bonds. The van der Waals surface area contributed by atoms with Gasteiger partial charge in [-0.05, 0) is 50.1 Å². The highest BCUT2D eigenvalue weighted by Crippen LogP contribution is 2.41. The molecule has 3 aromatic rings. The summed E-state index contributed by atoms with van der Waals surface area (Å²) in [7, 11) is 0. The monoisotopic (exact) mass is 432 g/mol. The minimum Gasteiger partial charge on any atom is -0.324 e. The molecule has 1 aliphatic carbocycles. The van der Waals surface area contributed by atoms with Gasteiger partial charge in [-0.15, -0.1) is 10.2 Å². The molecule has 1 unspecified atom stereocenters. The Morgan fingerprint density at radius 2 is 1.93 bits per heavy atom. The zero-order valence-corrected chi connectivity index (χ0v) is 17.4. The van der Waals surface area contributed by atoms with Crippen LogP contribution < -0.4 is 5.32 Å². The Bertz CT molecular complexity index is 1000. The highest BCUT2D eigenvalue weighted by molar-refractivity contribution is 8.00. The lowest BCUT2D eigenvalue weighted by atomic mass is 10.3. The molecule has 1 aromatic heterocycles. The Balaban J connectivity index is 1.54. The molecule has 8 heteroatoms. The van der Waals surface area contributed by atoms with Gasteiger partial charge in [0.1, 0.15) is 5.82 Å². The van der Waals surface area contributed by atoms with Gasteiger partial charge < -0.3 is 5.32 Å². The van der Waals surface area contributed by atoms with Crippen molar-refractivity contribution in [3.63, 3.8) is 0 Å². The second-order valence-corrected chi connectivity index (χ2v) is 8.81. The van der Waals surface area contributed by atoms with Crippen molar-refractivity contribution in [1.29, 1.82) is 0 Å². The van der Waals surface area contributed by atoms with Crippen molar-refractivity contribution in [1.82, 2.24) is 14.8 Å². The molecule has 1 heterocycles. The van der Waals surface area contributed by atoms with E-state index in [2.05, 4.69) is 20.1 Å². The third-order valence-electron chi connectivity index (χ3n) is 4.46. The maximum Gasteiger partial charge on any atom is 0.237 e. The largest absolute Gasteiger partial charge is 0.324 e. The van der Waals surface area contributed by atoms with Crippen molar-refractivity contribution >= 4 is 46.6 Å². The van der Waals surface area contributed by atoms with Gasteiger partial charge in [-0.2, -0.15) is 0 Å². The highest BCUT2D eigenvalue weighted by Gasteiger charge is 2.31. The van der Waals surface area contributed by atoms with Crippen LogP contribution in [-0.4, -0.2) is 25.9 Å². The van der Waals surface area contributed by atoms with Crippen LogP contribution in [0.4, 0.5) is 5.69 Å². The van der Waals surface area contributed by atoms with Crippen LogP contribution in [0.2, 0.25) is 10.0 Å². The van der Waals surface area contributed by atoms with E-state index in [4.69, 9.17) is 23.2 Å². The lowest BCUT2D eigenvalue weighted by Crippen LogP contribution is -2.23. The van der Waals surface area contributed by atoms with E-state index in [0.717, 1.165) is 24.4 Å². The molecule has 1 saturated carbocycles. The number of carbonyl (C=O) groups excluding carboxylic acids is 1. The van der Waals surface area contributed by atoms with E-state index in [9.17, 15) is 4.79 Å². The van der Waals surface area contributed by atoms with E-state index < -0.39 is 0 Å². The number of halogens is 2. The molecule has 1 atom stereocenters. The van der Waals surface area contributed by atoms with Crippen molar-refractivity contribution in [3.05, 3.63) is 64.4 Å². The van der Waals surface area contributed by atoms with Crippen molar-refractivity contribution in [3.8, 4) is 5.69 Å². The maximum atomic E-state index is 12.7. The van der Waals surface area contributed by atoms with Gasteiger partial charge >= 0.3 is 0 Å². The molecule has 0 aliphatic heterocycles. The molecular formula is C20H18Cl2N4OS. The number of carbonyl (C=O) groups is 1. The van der Waals surface area contributed by atoms with E-state index in [0.29, 0.717) is 26.8 Å². The number of nitrogens with zero attached hydrogens (tertiary/aromatic N) is 3. The fraction of sp³-hybridized carbons (Fsp3) is 0.250. The summed E-state index contributed by atoms with van der Waals surface area (Å²) in [5.41, 5.74) is 1.54. The van der Waals surface area contributed by atoms with Crippen LogP contribution >= 0.6 is 35.0 Å². The van der Waals surface area contributed by atoms with Crippen LogP contribution in [0, 0.1) is 0 Å². The summed E-state index contributed by atoms with van der Waals surface area (Å²) in [5.74, 6) is 1.24. The van der Waals surface area contributed by atoms with E-state index in [1.54, 1.807) is 18.2 Å². The summed E-state index contributed by atoms with van der Waals surface area (Å²) < 4.78 is 2.06. The zero-order chi connectivity index (χ0) is 19.7. The molecular weight excluding hydrogens is 415 g/mol. The Labute approximate surface area is 177 Å². The van der Waals surface area contributed by atoms with Gasteiger partial charge in [0.05, 0.1) is 16.0 Å². The highest BCUT2D eigenvalue weighted by atomic mass is 35.5. The van der Waals surface area contributed by atoms with Crippen molar-refractivity contribution < 1.29 is 4.79 Å². The molecule has 0 radical (unpaired) electrons. The first-order chi connectivity index (χ1) is 13.5. The maximum absolute atomic E-state index is 12.7. The fourth-order valence-electron chi connectivity index (χ4n) is 2.82. The molecule has 1 N–H and O–H groups in total. The molecule has 1 fully saturated rings. The van der Waals surface area contributed by atoms with Crippen LogP contribution in [0.15, 0.2) is 53.7 Å². The second kappa shape index (κ2) is 8.15. The number of para-hydroxylation sites is 1. The van der Waals surface area contributed by atoms with Gasteiger partial charge in [-0.1, -0.05) is 53.2 Å². The molecule has 144 valence electrons. The molecule has 2 aromatic carbocycles. The van der Waals surface area contributed by atoms with Gasteiger partial charge in [-0.3, -0.25) is 9.36 Å². The van der Waals surface area contributed by atoms with Crippen molar-refractivity contribution in [2.24, 2.45) is 0 Å². The summed E-state index contributed by atoms with van der Waals surface area (Å²) in [4.78, 5) is 12.7. The molecule has 0 spiro atoms. The minimum atomic E-state index is -0.384. The Morgan fingerprint density at radius 1 is 1.18 bits per heavy atom. The van der Waals surface area contributed by atoms with Gasteiger partial charge in [0, 0.05) is 16.6 Å². The van der Waals surface area contributed by atoms with Gasteiger partial charge in [0.2, 0.25) is 5.91 Å². The van der Waals surface area contributed by atoms with Crippen molar-refractivity contribution in [2.45, 2.75) is 36.1 Å². The minimum absolute atomic E-state index is 0.162. The van der Waals surface area contributed by atoms with Gasteiger partial charge in [-0.25, -0.2) is 0 Å². The number of hydrogen-bond acceptors (Lipinski definition) is 4. The SMILES string of the molecule is CC(Sc1nnc(C2CC2)n1-c1ccccc1)C(=O)Nc1ccc(Cl)cc1Cl. The number of benzene rings is 2. The number of rotatable bonds is 6. The topological polar surface area (TPSA) is 59.8 Å². The number of nitrogens with one attached hydrogen (secondary N) is 1. The average molecular weight is 433 g/mol. The molecule has 5 nitrogen and oxygen atoms in total. The number of amides is 1. The fourth-order valence-corrected chi connectivity index (χ4v) is 4.15. The molecule has 28 heavy (non-hydrogen) atoms. The molecule has 1 aliphatic rings. The lowest BCUT2D eigenvalue weighted by molar-refractivity contribution is -0.115. The lowest BCUT2D eigenvalue weighted by Gasteiger charge is -2.14. The smallest absolute Gasteiger partial charge is 0.237 e. The first kappa shape index (κ1) is 19.3. The Morgan fingerprint density at radius 3 is 2.61 bits per heavy atom. The van der Waals surface area contributed by atoms with Gasteiger partial charge in [0.25, 0.3) is 0 Å². The number of hydrogen-bond donors (Lipinski definition) is 1. The summed E-state index contributed by atoms with van der Waals surface area (Å²) in [6.45, 7) is 1.84. The third kappa shape index (κ3) is 4.19. The van der Waals surface area contributed by atoms with E-state index in [-0.39, 0.29) is 11.2 Å². The normalized spacial score (nSPS) is 14.7. The number of thioether (sulfide) groups is 1. The summed E-state index contributed by atoms with van der Waals surface area (Å²) in [6.07, 6.45) is 2.25. The van der Waals surface area contributed by atoms with Crippen LogP contribution in [0.5, 0.6) is 0 Å². The second-order valence-electron chi connectivity index (χ2n) is 6.66.